The second-order valence-electron chi connectivity index (χ2n) is 3.22. The molecule has 0 spiro atoms. The summed E-state index contributed by atoms with van der Waals surface area (Å²) in [6.45, 7) is 0. The first-order valence-corrected chi connectivity index (χ1v) is 4.40. The van der Waals surface area contributed by atoms with Gasteiger partial charge in [-0.1, -0.05) is 36.4 Å². The quantitative estimate of drug-likeness (QED) is 0.526. The third kappa shape index (κ3) is 1.38. The summed E-state index contributed by atoms with van der Waals surface area (Å²) < 4.78 is 0. The van der Waals surface area contributed by atoms with Gasteiger partial charge in [0.2, 0.25) is 0 Å². The molecule has 1 N–H and O–H groups in total. The molecule has 0 saturated heterocycles. The van der Waals surface area contributed by atoms with Crippen molar-refractivity contribution >= 4 is 51.4 Å². The van der Waals surface area contributed by atoms with E-state index in [2.05, 4.69) is 53.5 Å². The first kappa shape index (κ1) is 9.78. The maximum Gasteiger partial charge on any atom is 0.0464 e. The molecule has 0 aliphatic rings. The van der Waals surface area contributed by atoms with Crippen LogP contribution in [0.3, 0.4) is 0 Å². The number of para-hydroxylation sites is 2. The van der Waals surface area contributed by atoms with Crippen LogP contribution in [0.15, 0.2) is 48.5 Å². The van der Waals surface area contributed by atoms with Gasteiger partial charge in [-0.15, -0.1) is 0 Å². The predicted octanol–water partition coefficient (Wildman–Crippen LogP) is 2.67. The summed E-state index contributed by atoms with van der Waals surface area (Å²) in [5, 5.41) is 2.61. The maximum absolute atomic E-state index is 3.38. The molecule has 2 aromatic carbocycles. The summed E-state index contributed by atoms with van der Waals surface area (Å²) in [6, 6.07) is 16.8. The Morgan fingerprint density at radius 2 is 1.07 bits per heavy atom. The van der Waals surface area contributed by atoms with Crippen molar-refractivity contribution in [3.05, 3.63) is 48.5 Å². The normalized spacial score (nSPS) is 10.3. The van der Waals surface area contributed by atoms with E-state index in [1.54, 1.807) is 0 Å². The van der Waals surface area contributed by atoms with Gasteiger partial charge < -0.3 is 4.98 Å². The molecule has 2 heteroatoms. The van der Waals surface area contributed by atoms with Crippen LogP contribution >= 0.6 is 0 Å². The van der Waals surface area contributed by atoms with Crippen LogP contribution in [0, 0.1) is 0 Å². The van der Waals surface area contributed by atoms with Crippen LogP contribution in [-0.4, -0.2) is 34.5 Å². The van der Waals surface area contributed by atoms with E-state index in [-0.39, 0.29) is 29.6 Å². The molecule has 64 valence electrons. The molecule has 14 heavy (non-hydrogen) atoms. The van der Waals surface area contributed by atoms with Crippen LogP contribution in [0.4, 0.5) is 0 Å². The summed E-state index contributed by atoms with van der Waals surface area (Å²) >= 11 is 0. The molecule has 3 rings (SSSR count). The van der Waals surface area contributed by atoms with Crippen molar-refractivity contribution in [2.24, 2.45) is 0 Å². The third-order valence-corrected chi connectivity index (χ3v) is 2.41. The predicted molar refractivity (Wildman–Crippen MR) is 63.0 cm³/mol. The molecule has 0 unspecified atom stereocenters. The van der Waals surface area contributed by atoms with Gasteiger partial charge in [0.25, 0.3) is 0 Å². The number of aromatic nitrogens is 1. The first-order valence-electron chi connectivity index (χ1n) is 4.40. The molecule has 0 saturated carbocycles. The molecule has 1 heterocycles. The van der Waals surface area contributed by atoms with E-state index in [1.165, 1.54) is 21.8 Å². The van der Waals surface area contributed by atoms with Crippen LogP contribution in [0.1, 0.15) is 0 Å². The van der Waals surface area contributed by atoms with E-state index in [9.17, 15) is 0 Å². The Bertz CT molecular complexity index is 518. The minimum absolute atomic E-state index is 0. The van der Waals surface area contributed by atoms with Gasteiger partial charge >= 0.3 is 29.6 Å². The van der Waals surface area contributed by atoms with Gasteiger partial charge in [-0.3, -0.25) is 0 Å². The van der Waals surface area contributed by atoms with E-state index < -0.39 is 0 Å². The molecule has 1 nitrogen and oxygen atoms in total. The number of H-pyrrole nitrogens is 1. The second kappa shape index (κ2) is 3.77. The third-order valence-electron chi connectivity index (χ3n) is 2.41. The summed E-state index contributed by atoms with van der Waals surface area (Å²) in [5.41, 5.74) is 2.42. The average Bonchev–Trinajstić information content (AvgIpc) is 2.56. The Hall–Kier alpha value is -0.760. The van der Waals surface area contributed by atoms with Gasteiger partial charge in [0, 0.05) is 21.8 Å². The van der Waals surface area contributed by atoms with E-state index in [0.29, 0.717) is 0 Å². The van der Waals surface area contributed by atoms with E-state index >= 15 is 0 Å². The SMILES string of the molecule is [NaH].c1ccc2c(c1)[nH]c1ccccc12. The maximum atomic E-state index is 3.38. The van der Waals surface area contributed by atoms with Crippen LogP contribution in [0.25, 0.3) is 21.8 Å². The second-order valence-corrected chi connectivity index (χ2v) is 3.22. The van der Waals surface area contributed by atoms with E-state index in [0.717, 1.165) is 0 Å². The molecule has 3 aromatic rings. The molecule has 0 aliphatic heterocycles. The molecule has 0 amide bonds. The van der Waals surface area contributed by atoms with Crippen molar-refractivity contribution in [2.75, 3.05) is 0 Å². The van der Waals surface area contributed by atoms with Gasteiger partial charge in [0.15, 0.2) is 0 Å². The molecule has 0 bridgehead atoms. The zero-order chi connectivity index (χ0) is 8.67. The first-order chi connectivity index (χ1) is 6.45. The Kier molecular flexibility index (Phi) is 2.64. The van der Waals surface area contributed by atoms with Crippen molar-refractivity contribution in [2.45, 2.75) is 0 Å². The number of hydrogen-bond donors (Lipinski definition) is 1. The molecule has 0 aliphatic carbocycles. The smallest absolute Gasteiger partial charge is 0.0464 e. The Labute approximate surface area is 104 Å². The van der Waals surface area contributed by atoms with Crippen molar-refractivity contribution in [3.63, 3.8) is 0 Å². The summed E-state index contributed by atoms with van der Waals surface area (Å²) in [4.78, 5) is 3.38. The van der Waals surface area contributed by atoms with Crippen LogP contribution < -0.4 is 0 Å². The number of fused-ring (bicyclic) bond motifs is 3. The summed E-state index contributed by atoms with van der Waals surface area (Å²) in [6.07, 6.45) is 0. The monoisotopic (exact) mass is 191 g/mol. The van der Waals surface area contributed by atoms with Crippen LogP contribution in [0.2, 0.25) is 0 Å². The number of aromatic amines is 1. The zero-order valence-electron chi connectivity index (χ0n) is 7.12. The molecular weight excluding hydrogens is 181 g/mol. The van der Waals surface area contributed by atoms with Crippen molar-refractivity contribution in [1.82, 2.24) is 4.98 Å². The molecule has 1 aromatic heterocycles. The van der Waals surface area contributed by atoms with Crippen molar-refractivity contribution in [1.29, 1.82) is 0 Å². The van der Waals surface area contributed by atoms with E-state index in [1.807, 2.05) is 0 Å². The van der Waals surface area contributed by atoms with Crippen LogP contribution in [0.5, 0.6) is 0 Å². The Morgan fingerprint density at radius 3 is 1.57 bits per heavy atom. The van der Waals surface area contributed by atoms with Crippen molar-refractivity contribution < 1.29 is 0 Å². The number of rotatable bonds is 0. The van der Waals surface area contributed by atoms with Gasteiger partial charge in [0.1, 0.15) is 0 Å². The minimum Gasteiger partial charge on any atom is -0.355 e. The standard InChI is InChI=1S/C12H9N.Na.H/c1-3-7-11-9(5-1)10-6-2-4-8-12(10)13-11;;/h1-8,13H;;. The fourth-order valence-corrected chi connectivity index (χ4v) is 1.80. The molecule has 0 atom stereocenters. The fraction of sp³-hybridized carbons (Fsp3) is 0. The van der Waals surface area contributed by atoms with Gasteiger partial charge in [-0.2, -0.15) is 0 Å². The fourth-order valence-electron chi connectivity index (χ4n) is 1.80. The number of nitrogens with one attached hydrogen (secondary N) is 1. The van der Waals surface area contributed by atoms with Gasteiger partial charge in [-0.25, -0.2) is 0 Å². The van der Waals surface area contributed by atoms with Gasteiger partial charge in [-0.05, 0) is 12.1 Å². The van der Waals surface area contributed by atoms with E-state index in [4.69, 9.17) is 0 Å². The molecular formula is C12H10NNa. The molecule has 0 fully saturated rings. The number of hydrogen-bond acceptors (Lipinski definition) is 0. The van der Waals surface area contributed by atoms with Crippen LogP contribution in [-0.2, 0) is 0 Å². The minimum atomic E-state index is 0. The zero-order valence-corrected chi connectivity index (χ0v) is 7.12. The Morgan fingerprint density at radius 1 is 0.643 bits per heavy atom. The van der Waals surface area contributed by atoms with Crippen molar-refractivity contribution in [3.8, 4) is 0 Å². The Balaban J connectivity index is 0.000000750. The average molecular weight is 191 g/mol. The topological polar surface area (TPSA) is 15.8 Å². The largest absolute Gasteiger partial charge is 0.355 e. The number of benzene rings is 2. The summed E-state index contributed by atoms with van der Waals surface area (Å²) in [7, 11) is 0. The molecule has 0 radical (unpaired) electrons. The van der Waals surface area contributed by atoms with Gasteiger partial charge in [0.05, 0.1) is 0 Å². The summed E-state index contributed by atoms with van der Waals surface area (Å²) in [5.74, 6) is 0.